The summed E-state index contributed by atoms with van der Waals surface area (Å²) in [5.41, 5.74) is 3.28. The van der Waals surface area contributed by atoms with Crippen LogP contribution in [0.2, 0.25) is 0 Å². The minimum Gasteiger partial charge on any atom is -0.465 e. The second-order valence-electron chi connectivity index (χ2n) is 5.54. The first-order chi connectivity index (χ1) is 10.9. The number of benzene rings is 1. The van der Waals surface area contributed by atoms with Gasteiger partial charge in [0.15, 0.2) is 0 Å². The number of hydrogen-bond acceptors (Lipinski definition) is 4. The fourth-order valence-electron chi connectivity index (χ4n) is 2.58. The number of anilines is 2. The van der Waals surface area contributed by atoms with Crippen molar-refractivity contribution >= 4 is 29.2 Å². The molecule has 124 valence electrons. The van der Waals surface area contributed by atoms with Crippen LogP contribution in [0.25, 0.3) is 0 Å². The second kappa shape index (κ2) is 6.81. The summed E-state index contributed by atoms with van der Waals surface area (Å²) >= 11 is 0. The highest BCUT2D eigenvalue weighted by Gasteiger charge is 2.33. The Labute approximate surface area is 136 Å². The van der Waals surface area contributed by atoms with Gasteiger partial charge < -0.3 is 9.64 Å². The number of carbonyl (C=O) groups excluding carboxylic acids is 3. The van der Waals surface area contributed by atoms with Crippen LogP contribution < -0.4 is 9.80 Å². The van der Waals surface area contributed by atoms with E-state index in [1.807, 2.05) is 26.0 Å². The Hall–Kier alpha value is -2.37. The van der Waals surface area contributed by atoms with Crippen LogP contribution in [0.1, 0.15) is 31.4 Å². The zero-order chi connectivity index (χ0) is 17.1. The Morgan fingerprint density at radius 1 is 1.13 bits per heavy atom. The lowest BCUT2D eigenvalue weighted by Crippen LogP contribution is -2.49. The molecule has 0 aliphatic carbocycles. The van der Waals surface area contributed by atoms with Crippen molar-refractivity contribution in [2.45, 2.75) is 34.1 Å². The highest BCUT2D eigenvalue weighted by atomic mass is 16.5. The Morgan fingerprint density at radius 3 is 2.30 bits per heavy atom. The molecule has 1 aliphatic rings. The number of hydrogen-bond donors (Lipinski definition) is 0. The molecule has 0 saturated carbocycles. The number of amides is 2. The summed E-state index contributed by atoms with van der Waals surface area (Å²) in [6, 6.07) is 3.74. The van der Waals surface area contributed by atoms with Gasteiger partial charge in [-0.2, -0.15) is 0 Å². The largest absolute Gasteiger partial charge is 0.465 e. The summed E-state index contributed by atoms with van der Waals surface area (Å²) < 4.78 is 4.94. The van der Waals surface area contributed by atoms with E-state index >= 15 is 0 Å². The molecule has 0 fully saturated rings. The van der Waals surface area contributed by atoms with Gasteiger partial charge in [0.1, 0.15) is 13.1 Å². The number of carbonyl (C=O) groups is 3. The van der Waals surface area contributed by atoms with Gasteiger partial charge in [0.25, 0.3) is 0 Å². The molecule has 1 heterocycles. The molecule has 23 heavy (non-hydrogen) atoms. The van der Waals surface area contributed by atoms with E-state index in [-0.39, 0.29) is 31.5 Å². The molecule has 6 nitrogen and oxygen atoms in total. The summed E-state index contributed by atoms with van der Waals surface area (Å²) in [6.45, 7) is 7.44. The smallest absolute Gasteiger partial charge is 0.326 e. The van der Waals surface area contributed by atoms with Crippen molar-refractivity contribution < 1.29 is 19.1 Å². The van der Waals surface area contributed by atoms with Crippen LogP contribution in [0.15, 0.2) is 12.1 Å². The Balaban J connectivity index is 2.47. The molecular weight excluding hydrogens is 296 g/mol. The standard InChI is InChI=1S/C17H22N2O4/c1-5-15(20)18-9-16(21)19(10-17(22)23-6-2)14-8-12(4)11(3)7-13(14)18/h7-8H,5-6,9-10H2,1-4H3. The van der Waals surface area contributed by atoms with Crippen molar-refractivity contribution in [2.75, 3.05) is 29.5 Å². The summed E-state index contributed by atoms with van der Waals surface area (Å²) in [5, 5.41) is 0. The van der Waals surface area contributed by atoms with E-state index < -0.39 is 5.97 Å². The molecule has 0 spiro atoms. The van der Waals surface area contributed by atoms with Crippen LogP contribution in [0.3, 0.4) is 0 Å². The van der Waals surface area contributed by atoms with Gasteiger partial charge >= 0.3 is 5.97 Å². The van der Waals surface area contributed by atoms with Gasteiger partial charge in [0.2, 0.25) is 11.8 Å². The number of esters is 1. The second-order valence-corrected chi connectivity index (χ2v) is 5.54. The highest BCUT2D eigenvalue weighted by molar-refractivity contribution is 6.12. The van der Waals surface area contributed by atoms with Gasteiger partial charge in [-0.25, -0.2) is 0 Å². The molecule has 0 saturated heterocycles. The molecule has 1 aliphatic heterocycles. The molecule has 0 aromatic heterocycles. The van der Waals surface area contributed by atoms with E-state index in [2.05, 4.69) is 0 Å². The van der Waals surface area contributed by atoms with E-state index in [9.17, 15) is 14.4 Å². The number of aryl methyl sites for hydroxylation is 2. The average molecular weight is 318 g/mol. The first kappa shape index (κ1) is 17.0. The molecule has 6 heteroatoms. The maximum absolute atomic E-state index is 12.4. The molecule has 0 radical (unpaired) electrons. The minimum absolute atomic E-state index is 0.0540. The number of nitrogens with zero attached hydrogens (tertiary/aromatic N) is 2. The van der Waals surface area contributed by atoms with Gasteiger partial charge in [-0.1, -0.05) is 6.92 Å². The number of rotatable bonds is 4. The van der Waals surface area contributed by atoms with Crippen molar-refractivity contribution in [3.8, 4) is 0 Å². The normalized spacial score (nSPS) is 13.8. The van der Waals surface area contributed by atoms with E-state index in [0.717, 1.165) is 11.1 Å². The molecule has 1 aromatic carbocycles. The van der Waals surface area contributed by atoms with E-state index in [0.29, 0.717) is 17.8 Å². The summed E-state index contributed by atoms with van der Waals surface area (Å²) in [6.07, 6.45) is 0.317. The van der Waals surface area contributed by atoms with E-state index in [1.165, 1.54) is 9.80 Å². The van der Waals surface area contributed by atoms with Gasteiger partial charge in [-0.3, -0.25) is 19.3 Å². The SMILES string of the molecule is CCOC(=O)CN1C(=O)CN(C(=O)CC)c2cc(C)c(C)cc21. The lowest BCUT2D eigenvalue weighted by molar-refractivity contribution is -0.142. The van der Waals surface area contributed by atoms with Gasteiger partial charge in [-0.05, 0) is 44.0 Å². The third kappa shape index (κ3) is 3.36. The van der Waals surface area contributed by atoms with Crippen molar-refractivity contribution in [1.29, 1.82) is 0 Å². The van der Waals surface area contributed by atoms with E-state index in [4.69, 9.17) is 4.74 Å². The fourth-order valence-corrected chi connectivity index (χ4v) is 2.58. The average Bonchev–Trinajstić information content (AvgIpc) is 2.51. The topological polar surface area (TPSA) is 66.9 Å². The van der Waals surface area contributed by atoms with Gasteiger partial charge in [-0.15, -0.1) is 0 Å². The maximum atomic E-state index is 12.4. The van der Waals surface area contributed by atoms with Crippen LogP contribution in [0, 0.1) is 13.8 Å². The van der Waals surface area contributed by atoms with Crippen LogP contribution in [0.5, 0.6) is 0 Å². The van der Waals surface area contributed by atoms with Crippen molar-refractivity contribution in [1.82, 2.24) is 0 Å². The van der Waals surface area contributed by atoms with Crippen molar-refractivity contribution in [2.24, 2.45) is 0 Å². The zero-order valence-electron chi connectivity index (χ0n) is 14.0. The fraction of sp³-hybridized carbons (Fsp3) is 0.471. The van der Waals surface area contributed by atoms with Gasteiger partial charge in [0.05, 0.1) is 18.0 Å². The molecular formula is C17H22N2O4. The van der Waals surface area contributed by atoms with Crippen LogP contribution in [-0.2, 0) is 19.1 Å². The molecule has 1 aromatic rings. The lowest BCUT2D eigenvalue weighted by atomic mass is 10.0. The summed E-state index contributed by atoms with van der Waals surface area (Å²) in [4.78, 5) is 39.3. The molecule has 0 N–H and O–H groups in total. The van der Waals surface area contributed by atoms with Crippen LogP contribution >= 0.6 is 0 Å². The van der Waals surface area contributed by atoms with Crippen molar-refractivity contribution in [3.63, 3.8) is 0 Å². The molecule has 0 bridgehead atoms. The Morgan fingerprint density at radius 2 is 1.74 bits per heavy atom. The molecule has 2 amide bonds. The third-order valence-electron chi connectivity index (χ3n) is 3.96. The van der Waals surface area contributed by atoms with E-state index in [1.54, 1.807) is 13.8 Å². The number of fused-ring (bicyclic) bond motifs is 1. The minimum atomic E-state index is -0.458. The van der Waals surface area contributed by atoms with Crippen LogP contribution in [0.4, 0.5) is 11.4 Å². The summed E-state index contributed by atoms with van der Waals surface area (Å²) in [7, 11) is 0. The van der Waals surface area contributed by atoms with Gasteiger partial charge in [0, 0.05) is 6.42 Å². The quantitative estimate of drug-likeness (QED) is 0.796. The predicted molar refractivity (Wildman–Crippen MR) is 87.5 cm³/mol. The first-order valence-electron chi connectivity index (χ1n) is 7.76. The predicted octanol–water partition coefficient (Wildman–Crippen LogP) is 1.96. The lowest BCUT2D eigenvalue weighted by Gasteiger charge is -2.36. The van der Waals surface area contributed by atoms with Crippen LogP contribution in [-0.4, -0.2) is 37.5 Å². The maximum Gasteiger partial charge on any atom is 0.326 e. The molecule has 0 atom stereocenters. The summed E-state index contributed by atoms with van der Waals surface area (Å²) in [5.74, 6) is -0.852. The Bertz CT molecular complexity index is 654. The monoisotopic (exact) mass is 318 g/mol. The zero-order valence-corrected chi connectivity index (χ0v) is 14.0. The van der Waals surface area contributed by atoms with Crippen molar-refractivity contribution in [3.05, 3.63) is 23.3 Å². The molecule has 0 unspecified atom stereocenters. The Kier molecular flexibility index (Phi) is 5.03. The number of ether oxygens (including phenoxy) is 1. The third-order valence-corrected chi connectivity index (χ3v) is 3.96. The molecule has 2 rings (SSSR count). The first-order valence-corrected chi connectivity index (χ1v) is 7.76. The highest BCUT2D eigenvalue weighted by Crippen LogP contribution is 2.36.